The van der Waals surface area contributed by atoms with Gasteiger partial charge in [-0.25, -0.2) is 4.98 Å². The molecule has 0 bridgehead atoms. The summed E-state index contributed by atoms with van der Waals surface area (Å²) in [5.41, 5.74) is 2.02. The van der Waals surface area contributed by atoms with Crippen molar-refractivity contribution in [2.45, 2.75) is 0 Å². The third kappa shape index (κ3) is 1.60. The van der Waals surface area contributed by atoms with Gasteiger partial charge in [-0.05, 0) is 17.5 Å². The van der Waals surface area contributed by atoms with Gasteiger partial charge in [0.25, 0.3) is 0 Å². The van der Waals surface area contributed by atoms with Gasteiger partial charge in [-0.2, -0.15) is 5.10 Å². The Balaban J connectivity index is 2.02. The summed E-state index contributed by atoms with van der Waals surface area (Å²) < 4.78 is 0. The van der Waals surface area contributed by atoms with Crippen molar-refractivity contribution >= 4 is 22.7 Å². The second kappa shape index (κ2) is 3.60. The highest BCUT2D eigenvalue weighted by molar-refractivity contribution is 7.15. The molecule has 0 aromatic carbocycles. The Labute approximate surface area is 94.4 Å². The van der Waals surface area contributed by atoms with E-state index in [-0.39, 0.29) is 0 Å². The molecular formula is C10H7N3S2. The van der Waals surface area contributed by atoms with E-state index < -0.39 is 0 Å². The topological polar surface area (TPSA) is 41.6 Å². The van der Waals surface area contributed by atoms with Crippen molar-refractivity contribution in [3.8, 4) is 21.3 Å². The number of hydrogen-bond donors (Lipinski definition) is 1. The Morgan fingerprint density at radius 2 is 2.20 bits per heavy atom. The van der Waals surface area contributed by atoms with E-state index >= 15 is 0 Å². The van der Waals surface area contributed by atoms with Gasteiger partial charge in [0.15, 0.2) is 0 Å². The van der Waals surface area contributed by atoms with Gasteiger partial charge < -0.3 is 0 Å². The number of rotatable bonds is 2. The van der Waals surface area contributed by atoms with Crippen molar-refractivity contribution in [3.05, 3.63) is 35.2 Å². The minimum absolute atomic E-state index is 0.975. The molecular weight excluding hydrogens is 226 g/mol. The van der Waals surface area contributed by atoms with Crippen LogP contribution in [0.2, 0.25) is 0 Å². The lowest BCUT2D eigenvalue weighted by Gasteiger charge is -1.88. The molecule has 0 atom stereocenters. The lowest BCUT2D eigenvalue weighted by molar-refractivity contribution is 1.09. The van der Waals surface area contributed by atoms with E-state index in [0.29, 0.717) is 0 Å². The van der Waals surface area contributed by atoms with Gasteiger partial charge in [0, 0.05) is 11.6 Å². The molecule has 3 rings (SSSR count). The monoisotopic (exact) mass is 233 g/mol. The number of nitrogens with zero attached hydrogens (tertiary/aromatic N) is 2. The van der Waals surface area contributed by atoms with Crippen molar-refractivity contribution in [3.63, 3.8) is 0 Å². The molecule has 0 spiro atoms. The first-order valence-electron chi connectivity index (χ1n) is 4.42. The maximum absolute atomic E-state index is 4.55. The van der Waals surface area contributed by atoms with Crippen molar-refractivity contribution in [1.29, 1.82) is 0 Å². The lowest BCUT2D eigenvalue weighted by Crippen LogP contribution is -1.76. The van der Waals surface area contributed by atoms with E-state index in [2.05, 4.69) is 32.0 Å². The zero-order chi connectivity index (χ0) is 10.1. The second-order valence-corrected chi connectivity index (χ2v) is 4.79. The van der Waals surface area contributed by atoms with Gasteiger partial charge in [0.05, 0.1) is 16.3 Å². The average Bonchev–Trinajstić information content (AvgIpc) is 3.02. The van der Waals surface area contributed by atoms with E-state index in [4.69, 9.17) is 0 Å². The molecule has 0 saturated carbocycles. The summed E-state index contributed by atoms with van der Waals surface area (Å²) in [6.45, 7) is 0. The third-order valence-electron chi connectivity index (χ3n) is 2.01. The molecule has 15 heavy (non-hydrogen) atoms. The molecule has 0 aliphatic heterocycles. The minimum atomic E-state index is 0.975. The molecule has 0 aliphatic carbocycles. The van der Waals surface area contributed by atoms with Gasteiger partial charge in [-0.15, -0.1) is 22.7 Å². The molecule has 0 radical (unpaired) electrons. The van der Waals surface area contributed by atoms with E-state index in [1.54, 1.807) is 28.9 Å². The van der Waals surface area contributed by atoms with Crippen LogP contribution in [0.4, 0.5) is 0 Å². The number of thiophene rings is 1. The van der Waals surface area contributed by atoms with Crippen LogP contribution in [0.3, 0.4) is 0 Å². The molecule has 3 aromatic heterocycles. The van der Waals surface area contributed by atoms with Gasteiger partial charge in [-0.1, -0.05) is 6.07 Å². The van der Waals surface area contributed by atoms with E-state index in [0.717, 1.165) is 16.4 Å². The molecule has 3 heterocycles. The fraction of sp³-hybridized carbons (Fsp3) is 0. The molecule has 3 nitrogen and oxygen atoms in total. The summed E-state index contributed by atoms with van der Waals surface area (Å²) in [6, 6.07) is 6.04. The molecule has 0 saturated heterocycles. The Kier molecular flexibility index (Phi) is 2.12. The van der Waals surface area contributed by atoms with Gasteiger partial charge in [-0.3, -0.25) is 5.10 Å². The molecule has 0 fully saturated rings. The van der Waals surface area contributed by atoms with Gasteiger partial charge in [0.1, 0.15) is 5.01 Å². The van der Waals surface area contributed by atoms with Crippen LogP contribution in [0.25, 0.3) is 21.3 Å². The van der Waals surface area contributed by atoms with E-state index in [9.17, 15) is 0 Å². The number of aromatic amines is 1. The molecule has 0 aliphatic rings. The van der Waals surface area contributed by atoms with E-state index in [1.165, 1.54) is 4.88 Å². The molecule has 1 N–H and O–H groups in total. The Hall–Kier alpha value is -1.46. The molecule has 3 aromatic rings. The van der Waals surface area contributed by atoms with Crippen LogP contribution < -0.4 is 0 Å². The first-order valence-corrected chi connectivity index (χ1v) is 6.18. The van der Waals surface area contributed by atoms with Crippen LogP contribution in [0.15, 0.2) is 35.2 Å². The normalized spacial score (nSPS) is 10.7. The van der Waals surface area contributed by atoms with Crippen LogP contribution in [0.5, 0.6) is 0 Å². The number of aromatic nitrogens is 3. The number of thiazole rings is 1. The average molecular weight is 233 g/mol. The zero-order valence-corrected chi connectivity index (χ0v) is 9.31. The number of hydrogen-bond acceptors (Lipinski definition) is 4. The summed E-state index contributed by atoms with van der Waals surface area (Å²) >= 11 is 3.33. The fourth-order valence-corrected chi connectivity index (χ4v) is 2.87. The maximum atomic E-state index is 4.55. The highest BCUT2D eigenvalue weighted by Crippen LogP contribution is 2.29. The predicted molar refractivity (Wildman–Crippen MR) is 63.0 cm³/mol. The summed E-state index contributed by atoms with van der Waals surface area (Å²) in [5, 5.41) is 11.9. The first-order chi connectivity index (χ1) is 7.43. The molecule has 74 valence electrons. The van der Waals surface area contributed by atoms with Crippen molar-refractivity contribution in [2.75, 3.05) is 0 Å². The Morgan fingerprint density at radius 1 is 1.20 bits per heavy atom. The summed E-state index contributed by atoms with van der Waals surface area (Å²) in [4.78, 5) is 5.76. The lowest BCUT2D eigenvalue weighted by atomic mass is 10.4. The molecule has 5 heteroatoms. The highest BCUT2D eigenvalue weighted by Gasteiger charge is 2.07. The smallest absolute Gasteiger partial charge is 0.141 e. The van der Waals surface area contributed by atoms with E-state index in [1.807, 2.05) is 12.1 Å². The largest absolute Gasteiger partial charge is 0.275 e. The van der Waals surface area contributed by atoms with Crippen molar-refractivity contribution in [1.82, 2.24) is 15.2 Å². The molecule has 0 amide bonds. The zero-order valence-electron chi connectivity index (χ0n) is 7.68. The van der Waals surface area contributed by atoms with Crippen LogP contribution >= 0.6 is 22.7 Å². The summed E-state index contributed by atoms with van der Waals surface area (Å²) in [6.07, 6.45) is 1.74. The SMILES string of the molecule is c1csc(-c2csc(-c3ccn[nH]3)n2)c1. The quantitative estimate of drug-likeness (QED) is 0.738. The summed E-state index contributed by atoms with van der Waals surface area (Å²) in [7, 11) is 0. The van der Waals surface area contributed by atoms with Gasteiger partial charge in [0.2, 0.25) is 0 Å². The Morgan fingerprint density at radius 3 is 2.93 bits per heavy atom. The van der Waals surface area contributed by atoms with Crippen LogP contribution in [0.1, 0.15) is 0 Å². The summed E-state index contributed by atoms with van der Waals surface area (Å²) in [5.74, 6) is 0. The predicted octanol–water partition coefficient (Wildman–Crippen LogP) is 3.26. The third-order valence-corrected chi connectivity index (χ3v) is 3.78. The number of H-pyrrole nitrogens is 1. The fourth-order valence-electron chi connectivity index (χ4n) is 1.31. The van der Waals surface area contributed by atoms with Crippen LogP contribution in [-0.4, -0.2) is 15.2 Å². The Bertz CT molecular complexity index is 488. The maximum Gasteiger partial charge on any atom is 0.141 e. The standard InChI is InChI=1S/C10H7N3S2/c1-2-9(14-5-1)8-6-15-10(12-8)7-3-4-11-13-7/h1-6H,(H,11,13). The van der Waals surface area contributed by atoms with Crippen molar-refractivity contribution in [2.24, 2.45) is 0 Å². The number of nitrogens with one attached hydrogen (secondary N) is 1. The van der Waals surface area contributed by atoms with Crippen molar-refractivity contribution < 1.29 is 0 Å². The highest BCUT2D eigenvalue weighted by atomic mass is 32.1. The first kappa shape index (κ1) is 8.82. The molecule has 0 unspecified atom stereocenters. The second-order valence-electron chi connectivity index (χ2n) is 2.99. The minimum Gasteiger partial charge on any atom is -0.275 e. The van der Waals surface area contributed by atoms with Crippen LogP contribution in [-0.2, 0) is 0 Å². The van der Waals surface area contributed by atoms with Gasteiger partial charge >= 0.3 is 0 Å². The van der Waals surface area contributed by atoms with Crippen LogP contribution in [0, 0.1) is 0 Å².